The molecule has 0 atom stereocenters. The van der Waals surface area contributed by atoms with Gasteiger partial charge in [0.2, 0.25) is 0 Å². The molecule has 0 fully saturated rings. The molecule has 1 aromatic rings. The van der Waals surface area contributed by atoms with Crippen molar-refractivity contribution in [3.63, 3.8) is 0 Å². The molecule has 18 heavy (non-hydrogen) atoms. The minimum Gasteiger partial charge on any atom is -0.367 e. The van der Waals surface area contributed by atoms with Crippen molar-refractivity contribution in [3.8, 4) is 0 Å². The van der Waals surface area contributed by atoms with E-state index < -0.39 is 0 Å². The smallest absolute Gasteiger partial charge is 0.00838 e. The van der Waals surface area contributed by atoms with Crippen LogP contribution in [0.1, 0.15) is 30.5 Å². The standard InChI is InChI=1S/C17H21N/c1-12(2)15-6-7-16(11-18-10-15)17-8-5-13(3)9-14(17)4/h5-12,18H,1-4H3. The maximum absolute atomic E-state index is 3.28. The Morgan fingerprint density at radius 1 is 1.00 bits per heavy atom. The lowest BCUT2D eigenvalue weighted by Crippen LogP contribution is -1.98. The van der Waals surface area contributed by atoms with Gasteiger partial charge in [-0.1, -0.05) is 49.8 Å². The summed E-state index contributed by atoms with van der Waals surface area (Å²) in [6, 6.07) is 6.59. The molecule has 1 aliphatic heterocycles. The first-order chi connectivity index (χ1) is 8.58. The van der Waals surface area contributed by atoms with Crippen LogP contribution >= 0.6 is 0 Å². The van der Waals surface area contributed by atoms with Gasteiger partial charge < -0.3 is 5.32 Å². The van der Waals surface area contributed by atoms with Crippen LogP contribution in [0, 0.1) is 19.8 Å². The highest BCUT2D eigenvalue weighted by Crippen LogP contribution is 2.23. The van der Waals surface area contributed by atoms with Crippen LogP contribution < -0.4 is 5.32 Å². The summed E-state index contributed by atoms with van der Waals surface area (Å²) in [4.78, 5) is 0. The number of aryl methyl sites for hydroxylation is 2. The lowest BCUT2D eigenvalue weighted by molar-refractivity contribution is 0.784. The lowest BCUT2D eigenvalue weighted by Gasteiger charge is -2.07. The van der Waals surface area contributed by atoms with Crippen LogP contribution in [0.25, 0.3) is 5.57 Å². The van der Waals surface area contributed by atoms with Crippen LogP contribution in [0.3, 0.4) is 0 Å². The molecule has 1 aromatic carbocycles. The van der Waals surface area contributed by atoms with Crippen LogP contribution in [-0.2, 0) is 0 Å². The molecular weight excluding hydrogens is 218 g/mol. The van der Waals surface area contributed by atoms with Gasteiger partial charge in [0, 0.05) is 12.4 Å². The van der Waals surface area contributed by atoms with Crippen LogP contribution in [0.2, 0.25) is 0 Å². The molecule has 0 amide bonds. The zero-order chi connectivity index (χ0) is 13.1. The molecule has 1 heteroatoms. The van der Waals surface area contributed by atoms with E-state index in [1.165, 1.54) is 27.8 Å². The van der Waals surface area contributed by atoms with Gasteiger partial charge in [0.1, 0.15) is 0 Å². The Labute approximate surface area is 110 Å². The number of hydrogen-bond donors (Lipinski definition) is 1. The van der Waals surface area contributed by atoms with E-state index in [0.717, 1.165) is 0 Å². The van der Waals surface area contributed by atoms with Gasteiger partial charge in [-0.05, 0) is 42.0 Å². The third-order valence-electron chi connectivity index (χ3n) is 3.30. The molecule has 0 saturated carbocycles. The number of hydrogen-bond acceptors (Lipinski definition) is 1. The van der Waals surface area contributed by atoms with Gasteiger partial charge in [-0.25, -0.2) is 0 Å². The van der Waals surface area contributed by atoms with Crippen molar-refractivity contribution in [2.45, 2.75) is 27.7 Å². The summed E-state index contributed by atoms with van der Waals surface area (Å²) < 4.78 is 0. The Balaban J connectivity index is 2.31. The quantitative estimate of drug-likeness (QED) is 0.809. The molecule has 0 saturated heterocycles. The molecule has 1 nitrogen and oxygen atoms in total. The Kier molecular flexibility index (Phi) is 3.71. The maximum Gasteiger partial charge on any atom is 0.00838 e. The van der Waals surface area contributed by atoms with Crippen LogP contribution in [-0.4, -0.2) is 0 Å². The SMILES string of the molecule is Cc1ccc(C2=CNC=C(C(C)C)C=C2)c(C)c1. The summed E-state index contributed by atoms with van der Waals surface area (Å²) in [5.41, 5.74) is 6.48. The van der Waals surface area contributed by atoms with Crippen molar-refractivity contribution in [3.05, 3.63) is 65.0 Å². The zero-order valence-electron chi connectivity index (χ0n) is 11.6. The van der Waals surface area contributed by atoms with Gasteiger partial charge in [-0.2, -0.15) is 0 Å². The minimum atomic E-state index is 0.542. The maximum atomic E-state index is 3.28. The third kappa shape index (κ3) is 2.73. The fraction of sp³-hybridized carbons (Fsp3) is 0.294. The number of rotatable bonds is 2. The number of nitrogens with one attached hydrogen (secondary N) is 1. The predicted octanol–water partition coefficient (Wildman–Crippen LogP) is 4.34. The second-order valence-corrected chi connectivity index (χ2v) is 5.22. The van der Waals surface area contributed by atoms with Crippen LogP contribution in [0.15, 0.2) is 48.3 Å². The molecule has 0 radical (unpaired) electrons. The van der Waals surface area contributed by atoms with E-state index in [0.29, 0.717) is 5.92 Å². The van der Waals surface area contributed by atoms with Gasteiger partial charge in [-0.3, -0.25) is 0 Å². The topological polar surface area (TPSA) is 12.0 Å². The number of benzene rings is 1. The minimum absolute atomic E-state index is 0.542. The Morgan fingerprint density at radius 2 is 1.78 bits per heavy atom. The van der Waals surface area contributed by atoms with Crippen LogP contribution in [0.4, 0.5) is 0 Å². The highest BCUT2D eigenvalue weighted by atomic mass is 14.8. The van der Waals surface area contributed by atoms with Gasteiger partial charge in [0.15, 0.2) is 0 Å². The average Bonchev–Trinajstić information content (AvgIpc) is 2.54. The van der Waals surface area contributed by atoms with Gasteiger partial charge in [0.25, 0.3) is 0 Å². The molecule has 0 spiro atoms. The highest BCUT2D eigenvalue weighted by Gasteiger charge is 2.06. The Hall–Kier alpha value is -1.76. The summed E-state index contributed by atoms with van der Waals surface area (Å²) >= 11 is 0. The van der Waals surface area contributed by atoms with E-state index in [2.05, 4.69) is 75.8 Å². The monoisotopic (exact) mass is 239 g/mol. The highest BCUT2D eigenvalue weighted by molar-refractivity contribution is 5.77. The van der Waals surface area contributed by atoms with Crippen molar-refractivity contribution in [1.29, 1.82) is 0 Å². The predicted molar refractivity (Wildman–Crippen MR) is 79.1 cm³/mol. The Morgan fingerprint density at radius 3 is 2.44 bits per heavy atom. The van der Waals surface area contributed by atoms with E-state index in [4.69, 9.17) is 0 Å². The number of allylic oxidation sites excluding steroid dienone is 4. The van der Waals surface area contributed by atoms with Gasteiger partial charge >= 0.3 is 0 Å². The molecule has 0 bridgehead atoms. The first-order valence-electron chi connectivity index (χ1n) is 6.50. The van der Waals surface area contributed by atoms with E-state index in [-0.39, 0.29) is 0 Å². The molecule has 94 valence electrons. The van der Waals surface area contributed by atoms with E-state index in [1.807, 2.05) is 0 Å². The second-order valence-electron chi connectivity index (χ2n) is 5.22. The molecule has 0 unspecified atom stereocenters. The summed E-state index contributed by atoms with van der Waals surface area (Å²) in [5.74, 6) is 0.542. The van der Waals surface area contributed by atoms with Gasteiger partial charge in [0.05, 0.1) is 0 Å². The van der Waals surface area contributed by atoms with Crippen molar-refractivity contribution in [1.82, 2.24) is 5.32 Å². The summed E-state index contributed by atoms with van der Waals surface area (Å²) in [5, 5.41) is 3.28. The molecule has 2 rings (SSSR count). The van der Waals surface area contributed by atoms with E-state index in [1.54, 1.807) is 0 Å². The molecule has 1 N–H and O–H groups in total. The third-order valence-corrected chi connectivity index (χ3v) is 3.30. The normalized spacial score (nSPS) is 14.9. The average molecular weight is 239 g/mol. The fourth-order valence-corrected chi connectivity index (χ4v) is 2.17. The second kappa shape index (κ2) is 5.26. The lowest BCUT2D eigenvalue weighted by atomic mass is 9.98. The molecule has 1 heterocycles. The molecular formula is C17H21N. The summed E-state index contributed by atoms with van der Waals surface area (Å²) in [7, 11) is 0. The molecule has 1 aliphatic rings. The van der Waals surface area contributed by atoms with Crippen molar-refractivity contribution < 1.29 is 0 Å². The van der Waals surface area contributed by atoms with Crippen molar-refractivity contribution in [2.24, 2.45) is 5.92 Å². The molecule has 0 aromatic heterocycles. The zero-order valence-corrected chi connectivity index (χ0v) is 11.6. The summed E-state index contributed by atoms with van der Waals surface area (Å²) in [6.45, 7) is 8.71. The van der Waals surface area contributed by atoms with Gasteiger partial charge in [-0.15, -0.1) is 0 Å². The fourth-order valence-electron chi connectivity index (χ4n) is 2.17. The Bertz CT molecular complexity index is 531. The van der Waals surface area contributed by atoms with Crippen molar-refractivity contribution in [2.75, 3.05) is 0 Å². The van der Waals surface area contributed by atoms with Crippen molar-refractivity contribution >= 4 is 5.57 Å². The molecule has 0 aliphatic carbocycles. The van der Waals surface area contributed by atoms with Crippen LogP contribution in [0.5, 0.6) is 0 Å². The first kappa shape index (κ1) is 12.7. The van der Waals surface area contributed by atoms with E-state index in [9.17, 15) is 0 Å². The first-order valence-corrected chi connectivity index (χ1v) is 6.50. The largest absolute Gasteiger partial charge is 0.367 e. The van der Waals surface area contributed by atoms with E-state index >= 15 is 0 Å². The summed E-state index contributed by atoms with van der Waals surface area (Å²) in [6.07, 6.45) is 8.56.